The van der Waals surface area contributed by atoms with Crippen molar-refractivity contribution in [3.63, 3.8) is 0 Å². The predicted octanol–water partition coefficient (Wildman–Crippen LogP) is 19.9. The molecule has 2 aliphatic heterocycles. The fourth-order valence-electron chi connectivity index (χ4n) is 13.7. The van der Waals surface area contributed by atoms with Crippen molar-refractivity contribution in [2.24, 2.45) is 0 Å². The van der Waals surface area contributed by atoms with E-state index >= 15 is 0 Å². The molecule has 0 N–H and O–H groups in total. The minimum atomic E-state index is -0.199. The normalized spacial score (nSPS) is 14.2. The Morgan fingerprint density at radius 2 is 0.780 bits per heavy atom. The Balaban J connectivity index is 1.17. The maximum absolute atomic E-state index is 2.71. The van der Waals surface area contributed by atoms with Crippen molar-refractivity contribution in [3.05, 3.63) is 246 Å². The highest BCUT2D eigenvalue weighted by atomic mass is 15.2. The van der Waals surface area contributed by atoms with Crippen LogP contribution in [0.5, 0.6) is 0 Å². The quantitative estimate of drug-likeness (QED) is 0.153. The Morgan fingerprint density at radius 3 is 1.39 bits per heavy atom. The van der Waals surface area contributed by atoms with Crippen molar-refractivity contribution in [3.8, 4) is 55.6 Å². The third kappa shape index (κ3) is 8.77. The molecule has 0 bridgehead atoms. The summed E-state index contributed by atoms with van der Waals surface area (Å²) in [5.41, 5.74) is 31.0. The number of fused-ring (bicyclic) bond motifs is 7. The molecule has 0 aromatic heterocycles. The summed E-state index contributed by atoms with van der Waals surface area (Å²) < 4.78 is 0. The first-order chi connectivity index (χ1) is 39.0. The summed E-state index contributed by atoms with van der Waals surface area (Å²) in [4.78, 5) is 5.33. The van der Waals surface area contributed by atoms with Crippen LogP contribution in [0.1, 0.15) is 130 Å². The maximum atomic E-state index is 2.71. The van der Waals surface area contributed by atoms with Gasteiger partial charge in [-0.15, -0.1) is 0 Å². The molecule has 10 aromatic rings. The van der Waals surface area contributed by atoms with Gasteiger partial charge in [0.25, 0.3) is 6.71 Å². The van der Waals surface area contributed by atoms with Crippen LogP contribution in [0.15, 0.2) is 212 Å². The van der Waals surface area contributed by atoms with Crippen molar-refractivity contribution in [2.45, 2.75) is 124 Å². The maximum Gasteiger partial charge on any atom is 0.252 e. The summed E-state index contributed by atoms with van der Waals surface area (Å²) in [6, 6.07) is 82.0. The molecule has 2 nitrogen and oxygen atoms in total. The van der Waals surface area contributed by atoms with Crippen LogP contribution < -0.4 is 26.2 Å². The van der Waals surface area contributed by atoms with Crippen LogP contribution >= 0.6 is 0 Å². The topological polar surface area (TPSA) is 6.48 Å². The number of hydrogen-bond acceptors (Lipinski definition) is 2. The Morgan fingerprint density at radius 1 is 0.317 bits per heavy atom. The van der Waals surface area contributed by atoms with E-state index in [1.807, 2.05) is 0 Å². The SMILES string of the molecule is CC(C)(C)c1cccc(-c2cccc(-c3cccc(C(C)(C)C)c3)c2N2c3ccc(-c4cccc5c4C(C)(C)c4ccccc4-5)cc3B3c4ccc(C(C)(C)C)cc4N(c4ccc(-c5ccccc5)cc4)c4cc(C(C)(C)C)cc2c43)c1. The van der Waals surface area contributed by atoms with E-state index in [9.17, 15) is 0 Å². The van der Waals surface area contributed by atoms with Crippen LogP contribution in [0.3, 0.4) is 0 Å². The molecule has 82 heavy (non-hydrogen) atoms. The number of rotatable bonds is 6. The number of benzene rings is 10. The third-order valence-corrected chi connectivity index (χ3v) is 18.3. The van der Waals surface area contributed by atoms with Crippen LogP contribution in [0, 0.1) is 0 Å². The molecule has 406 valence electrons. The lowest BCUT2D eigenvalue weighted by Crippen LogP contribution is -2.61. The fourth-order valence-corrected chi connectivity index (χ4v) is 13.7. The summed E-state index contributed by atoms with van der Waals surface area (Å²) in [6.45, 7) is 32.9. The molecule has 0 atom stereocenters. The first kappa shape index (κ1) is 53.2. The predicted molar refractivity (Wildman–Crippen MR) is 355 cm³/mol. The van der Waals surface area contributed by atoms with Gasteiger partial charge in [0, 0.05) is 45.0 Å². The molecule has 0 unspecified atom stereocenters. The average Bonchev–Trinajstić information content (AvgIpc) is 1.06. The number of para-hydroxylation sites is 1. The smallest absolute Gasteiger partial charge is 0.252 e. The van der Waals surface area contributed by atoms with Crippen molar-refractivity contribution in [2.75, 3.05) is 9.80 Å². The van der Waals surface area contributed by atoms with Gasteiger partial charge in [0.15, 0.2) is 0 Å². The first-order valence-corrected chi connectivity index (χ1v) is 29.8. The zero-order chi connectivity index (χ0) is 57.4. The molecule has 0 radical (unpaired) electrons. The monoisotopic (exact) mass is 1060 g/mol. The molecular weight excluding hydrogens is 988 g/mol. The highest BCUT2D eigenvalue weighted by Gasteiger charge is 2.46. The van der Waals surface area contributed by atoms with Gasteiger partial charge in [0.1, 0.15) is 0 Å². The number of anilines is 6. The molecule has 1 aliphatic carbocycles. The Kier molecular flexibility index (Phi) is 12.3. The van der Waals surface area contributed by atoms with E-state index < -0.39 is 0 Å². The van der Waals surface area contributed by atoms with Gasteiger partial charge in [0.2, 0.25) is 0 Å². The number of nitrogens with zero attached hydrogens (tertiary/aromatic N) is 2. The van der Waals surface area contributed by atoms with Gasteiger partial charge >= 0.3 is 0 Å². The summed E-state index contributed by atoms with van der Waals surface area (Å²) >= 11 is 0. The molecule has 0 saturated carbocycles. The Bertz CT molecular complexity index is 4090. The lowest BCUT2D eigenvalue weighted by Gasteiger charge is -2.46. The van der Waals surface area contributed by atoms with Gasteiger partial charge in [0.05, 0.1) is 5.69 Å². The highest BCUT2D eigenvalue weighted by molar-refractivity contribution is 7.00. The molecule has 0 fully saturated rings. The van der Waals surface area contributed by atoms with Crippen LogP contribution in [0.2, 0.25) is 0 Å². The van der Waals surface area contributed by atoms with Crippen LogP contribution in [-0.4, -0.2) is 6.71 Å². The van der Waals surface area contributed by atoms with E-state index in [0.717, 1.165) is 5.69 Å². The van der Waals surface area contributed by atoms with E-state index in [0.29, 0.717) is 0 Å². The van der Waals surface area contributed by atoms with E-state index in [-0.39, 0.29) is 33.8 Å². The third-order valence-electron chi connectivity index (χ3n) is 18.3. The van der Waals surface area contributed by atoms with Crippen LogP contribution in [-0.2, 0) is 27.1 Å². The van der Waals surface area contributed by atoms with Gasteiger partial charge < -0.3 is 9.80 Å². The first-order valence-electron chi connectivity index (χ1n) is 29.8. The van der Waals surface area contributed by atoms with Crippen LogP contribution in [0.4, 0.5) is 34.1 Å². The second-order valence-electron chi connectivity index (χ2n) is 28.3. The van der Waals surface area contributed by atoms with Gasteiger partial charge in [-0.25, -0.2) is 0 Å². The second-order valence-corrected chi connectivity index (χ2v) is 28.3. The van der Waals surface area contributed by atoms with Gasteiger partial charge in [-0.1, -0.05) is 273 Å². The average molecular weight is 1070 g/mol. The van der Waals surface area contributed by atoms with Gasteiger partial charge in [-0.05, 0) is 152 Å². The molecule has 2 heterocycles. The fraction of sp³-hybridized carbons (Fsp3) is 0.241. The summed E-state index contributed by atoms with van der Waals surface area (Å²) in [7, 11) is 0. The zero-order valence-corrected chi connectivity index (χ0v) is 50.7. The largest absolute Gasteiger partial charge is 0.311 e. The van der Waals surface area contributed by atoms with Crippen molar-refractivity contribution >= 4 is 57.2 Å². The Hall–Kier alpha value is -8.14. The molecule has 3 aliphatic rings. The standard InChI is InChI=1S/C79H77BN2/c1-75(2,3)55-28-20-26-52(44-55)61-32-23-33-62(53-27-21-29-56(45-53)76(4,5)6)74(61)82-68-43-38-54(60-31-22-34-64-63-30-18-19-35-65(63)79(13,14)72(60)64)46-67(68)80-66-42-39-57(77(7,8)9)47-69(66)81(70-48-58(78(10,11)12)49-71(82)73(70)80)59-40-36-51(37-41-59)50-24-16-15-17-25-50/h15-49H,1-14H3. The van der Waals surface area contributed by atoms with E-state index in [2.05, 4.69) is 319 Å². The van der Waals surface area contributed by atoms with Crippen molar-refractivity contribution in [1.82, 2.24) is 0 Å². The summed E-state index contributed by atoms with van der Waals surface area (Å²) in [5.74, 6) is 0. The van der Waals surface area contributed by atoms with Crippen molar-refractivity contribution in [1.29, 1.82) is 0 Å². The lowest BCUT2D eigenvalue weighted by atomic mass is 9.33. The summed E-state index contributed by atoms with van der Waals surface area (Å²) in [5, 5.41) is 0. The minimum Gasteiger partial charge on any atom is -0.311 e. The molecule has 0 amide bonds. The second kappa shape index (κ2) is 19.0. The van der Waals surface area contributed by atoms with Gasteiger partial charge in [-0.2, -0.15) is 0 Å². The van der Waals surface area contributed by atoms with E-state index in [4.69, 9.17) is 0 Å². The molecular formula is C79H77BN2. The Labute approximate surface area is 489 Å². The lowest BCUT2D eigenvalue weighted by molar-refractivity contribution is 0.590. The molecule has 13 rings (SSSR count). The molecule has 0 saturated heterocycles. The molecule has 0 spiro atoms. The molecule has 10 aromatic carbocycles. The van der Waals surface area contributed by atoms with Crippen LogP contribution in [0.25, 0.3) is 55.6 Å². The highest BCUT2D eigenvalue weighted by Crippen LogP contribution is 2.55. The summed E-state index contributed by atoms with van der Waals surface area (Å²) in [6.07, 6.45) is 0. The van der Waals surface area contributed by atoms with Crippen molar-refractivity contribution < 1.29 is 0 Å². The number of hydrogen-bond donors (Lipinski definition) is 0. The van der Waals surface area contributed by atoms with E-state index in [1.165, 1.54) is 134 Å². The van der Waals surface area contributed by atoms with E-state index in [1.54, 1.807) is 0 Å². The van der Waals surface area contributed by atoms with Gasteiger partial charge in [-0.3, -0.25) is 0 Å². The molecule has 3 heteroatoms. The minimum absolute atomic E-state index is 0.0488. The zero-order valence-electron chi connectivity index (χ0n) is 50.7.